The molecule has 0 unspecified atom stereocenters. The molecule has 0 bridgehead atoms. The third kappa shape index (κ3) is 6.17. The highest BCUT2D eigenvalue weighted by Crippen LogP contribution is 2.37. The van der Waals surface area contributed by atoms with Crippen LogP contribution >= 0.6 is 0 Å². The van der Waals surface area contributed by atoms with Gasteiger partial charge in [0.05, 0.1) is 17.1 Å². The molecule has 278 valence electrons. The van der Waals surface area contributed by atoms with E-state index in [0.717, 1.165) is 72.7 Å². The molecule has 4 heterocycles. The molecule has 0 saturated heterocycles. The number of fused-ring (bicyclic) bond motifs is 2. The van der Waals surface area contributed by atoms with Crippen molar-refractivity contribution in [3.05, 3.63) is 181 Å². The van der Waals surface area contributed by atoms with Crippen molar-refractivity contribution in [1.82, 2.24) is 19.9 Å². The first-order valence-corrected chi connectivity index (χ1v) is 18.2. The molecule has 4 aromatic heterocycles. The molecule has 6 nitrogen and oxygen atoms in total. The van der Waals surface area contributed by atoms with Crippen LogP contribution in [0.2, 0.25) is 0 Å². The fraction of sp³-hybridized carbons (Fsp3) is 0. The second-order valence-corrected chi connectivity index (χ2v) is 13.6. The fourth-order valence-corrected chi connectivity index (χ4v) is 6.98. The van der Waals surface area contributed by atoms with Gasteiger partial charge in [-0.1, -0.05) is 91.0 Å². The van der Waals surface area contributed by atoms with E-state index in [1.54, 1.807) is 30.5 Å². The second-order valence-electron chi connectivity index (χ2n) is 13.6. The Labute approximate surface area is 327 Å². The highest BCUT2D eigenvalue weighted by molar-refractivity contribution is 5.85. The van der Waals surface area contributed by atoms with Crippen molar-refractivity contribution >= 4 is 22.2 Å². The number of rotatable bonds is 7. The van der Waals surface area contributed by atoms with E-state index < -0.39 is 34.4 Å². The summed E-state index contributed by atoms with van der Waals surface area (Å²) in [7, 11) is 0. The Morgan fingerprint density at radius 2 is 0.914 bits per heavy atom. The van der Waals surface area contributed by atoms with Crippen LogP contribution in [0.4, 0.5) is 17.6 Å². The molecule has 0 N–H and O–H groups in total. The van der Waals surface area contributed by atoms with Gasteiger partial charge in [0.15, 0.2) is 28.3 Å². The molecule has 58 heavy (non-hydrogen) atoms. The van der Waals surface area contributed by atoms with Crippen LogP contribution in [0, 0.1) is 23.3 Å². The Bertz CT molecular complexity index is 3050. The maximum Gasteiger partial charge on any atom is 0.227 e. The highest BCUT2D eigenvalue weighted by Gasteiger charge is 2.26. The summed E-state index contributed by atoms with van der Waals surface area (Å²) in [5.41, 5.74) is 10.3. The van der Waals surface area contributed by atoms with Gasteiger partial charge in [-0.15, -0.1) is 0 Å². The zero-order valence-electron chi connectivity index (χ0n) is 30.1. The first kappa shape index (κ1) is 34.7. The predicted octanol–water partition coefficient (Wildman–Crippen LogP) is 13.0. The molecule has 0 spiro atoms. The van der Waals surface area contributed by atoms with Crippen LogP contribution in [0.15, 0.2) is 167 Å². The van der Waals surface area contributed by atoms with E-state index >= 15 is 0 Å². The Kier molecular flexibility index (Phi) is 8.44. The average Bonchev–Trinajstić information content (AvgIpc) is 3.94. The van der Waals surface area contributed by atoms with Crippen LogP contribution in [0.25, 0.3) is 101 Å². The summed E-state index contributed by atoms with van der Waals surface area (Å²) < 4.78 is 67.4. The van der Waals surface area contributed by atoms with Gasteiger partial charge in [-0.25, -0.2) is 28.1 Å². The number of pyridine rings is 2. The topological polar surface area (TPSA) is 77.8 Å². The maximum atomic E-state index is 14.3. The van der Waals surface area contributed by atoms with E-state index in [1.165, 1.54) is 0 Å². The van der Waals surface area contributed by atoms with Crippen molar-refractivity contribution in [2.45, 2.75) is 0 Å². The molecule has 0 aliphatic carbocycles. The summed E-state index contributed by atoms with van der Waals surface area (Å²) in [5, 5.41) is 0. The van der Waals surface area contributed by atoms with Crippen LogP contribution in [0.5, 0.6) is 0 Å². The number of benzene rings is 6. The minimum absolute atomic E-state index is 0.173. The predicted molar refractivity (Wildman–Crippen MR) is 215 cm³/mol. The largest absolute Gasteiger partial charge is 0.436 e. The Morgan fingerprint density at radius 3 is 1.52 bits per heavy atom. The molecule has 0 saturated carbocycles. The number of aromatic nitrogens is 4. The van der Waals surface area contributed by atoms with Crippen LogP contribution in [0.3, 0.4) is 0 Å². The zero-order chi connectivity index (χ0) is 39.3. The third-order valence-corrected chi connectivity index (χ3v) is 10.0. The van der Waals surface area contributed by atoms with Crippen LogP contribution in [-0.4, -0.2) is 19.9 Å². The van der Waals surface area contributed by atoms with Gasteiger partial charge in [0.1, 0.15) is 5.52 Å². The van der Waals surface area contributed by atoms with Crippen LogP contribution in [-0.2, 0) is 0 Å². The fourth-order valence-electron chi connectivity index (χ4n) is 6.98. The van der Waals surface area contributed by atoms with Gasteiger partial charge in [-0.2, -0.15) is 4.39 Å². The Balaban J connectivity index is 0.940. The number of oxazole rings is 2. The summed E-state index contributed by atoms with van der Waals surface area (Å²) in [6.07, 6.45) is 1.74. The number of para-hydroxylation sites is 2. The number of hydrogen-bond acceptors (Lipinski definition) is 6. The van der Waals surface area contributed by atoms with Gasteiger partial charge in [0, 0.05) is 28.5 Å². The molecule has 10 rings (SSSR count). The van der Waals surface area contributed by atoms with Crippen molar-refractivity contribution in [2.75, 3.05) is 0 Å². The molecule has 0 aliphatic rings. The molecule has 6 aromatic carbocycles. The van der Waals surface area contributed by atoms with Crippen LogP contribution in [0.1, 0.15) is 0 Å². The van der Waals surface area contributed by atoms with E-state index in [1.807, 2.05) is 84.9 Å². The monoisotopic (exact) mass is 766 g/mol. The minimum Gasteiger partial charge on any atom is -0.436 e. The number of nitrogens with zero attached hydrogens (tertiary/aromatic N) is 4. The standard InChI is InChI=1S/C48H26F4N4O2/c49-40-41(50)43(52)46-45(42(40)51)56-48(58-46)34-22-14-30(15-23-34)28-10-18-32(19-11-28)44-35(24-25-37(54-44)36-5-3-4-26-53-36)31-16-8-27(9-17-31)29-12-20-33(21-13-29)47-55-38-6-1-2-7-39(38)57-47/h1-26H. The molecule has 0 atom stereocenters. The minimum atomic E-state index is -1.95. The molecular weight excluding hydrogens is 741 g/mol. The SMILES string of the molecule is Fc1c(F)c(F)c2oc(-c3ccc(-c4ccc(-c5nc(-c6ccccn6)ccc5-c5ccc(-c6ccc(-c7nc8ccccc8o7)cc6)cc5)cc4)cc3)nc2c1F. The van der Waals surface area contributed by atoms with E-state index in [0.29, 0.717) is 11.5 Å². The van der Waals surface area contributed by atoms with Gasteiger partial charge >= 0.3 is 0 Å². The van der Waals surface area contributed by atoms with E-state index in [4.69, 9.17) is 13.8 Å². The van der Waals surface area contributed by atoms with Crippen molar-refractivity contribution in [3.8, 4) is 78.9 Å². The lowest BCUT2D eigenvalue weighted by atomic mass is 9.95. The summed E-state index contributed by atoms with van der Waals surface area (Å²) in [4.78, 5) is 18.2. The molecule has 10 aromatic rings. The van der Waals surface area contributed by atoms with Crippen molar-refractivity contribution < 1.29 is 26.4 Å². The lowest BCUT2D eigenvalue weighted by molar-refractivity contribution is 0.411. The van der Waals surface area contributed by atoms with E-state index in [9.17, 15) is 17.6 Å². The second kappa shape index (κ2) is 14.1. The summed E-state index contributed by atoms with van der Waals surface area (Å²) in [6, 6.07) is 48.8. The quantitative estimate of drug-likeness (QED) is 0.0913. The average molecular weight is 767 g/mol. The third-order valence-electron chi connectivity index (χ3n) is 10.0. The molecule has 0 radical (unpaired) electrons. The Hall–Kier alpha value is -7.72. The molecule has 10 heteroatoms. The van der Waals surface area contributed by atoms with Crippen molar-refractivity contribution in [3.63, 3.8) is 0 Å². The van der Waals surface area contributed by atoms with Gasteiger partial charge in [-0.05, 0) is 88.5 Å². The highest BCUT2D eigenvalue weighted by atomic mass is 19.2. The summed E-state index contributed by atoms with van der Waals surface area (Å²) >= 11 is 0. The first-order valence-electron chi connectivity index (χ1n) is 18.2. The number of hydrogen-bond donors (Lipinski definition) is 0. The summed E-state index contributed by atoms with van der Waals surface area (Å²) in [6.45, 7) is 0. The maximum absolute atomic E-state index is 14.3. The molecule has 0 aliphatic heterocycles. The first-order chi connectivity index (χ1) is 28.4. The zero-order valence-corrected chi connectivity index (χ0v) is 30.1. The van der Waals surface area contributed by atoms with Gasteiger partial charge < -0.3 is 8.83 Å². The molecule has 0 fully saturated rings. The van der Waals surface area contributed by atoms with Gasteiger partial charge in [0.25, 0.3) is 0 Å². The number of halogens is 4. The molecular formula is C48H26F4N4O2. The lowest BCUT2D eigenvalue weighted by Crippen LogP contribution is -1.96. The van der Waals surface area contributed by atoms with Gasteiger partial charge in [-0.3, -0.25) is 4.98 Å². The van der Waals surface area contributed by atoms with Crippen LogP contribution < -0.4 is 0 Å². The normalized spacial score (nSPS) is 11.4. The summed E-state index contributed by atoms with van der Waals surface area (Å²) in [5.74, 6) is -6.73. The van der Waals surface area contributed by atoms with Crippen molar-refractivity contribution in [2.24, 2.45) is 0 Å². The smallest absolute Gasteiger partial charge is 0.227 e. The van der Waals surface area contributed by atoms with Gasteiger partial charge in [0.2, 0.25) is 23.4 Å². The molecule has 0 amide bonds. The Morgan fingerprint density at radius 1 is 0.379 bits per heavy atom. The van der Waals surface area contributed by atoms with E-state index in [2.05, 4.69) is 57.4 Å². The van der Waals surface area contributed by atoms with E-state index in [-0.39, 0.29) is 5.89 Å². The lowest BCUT2D eigenvalue weighted by Gasteiger charge is -2.13. The van der Waals surface area contributed by atoms with Crippen molar-refractivity contribution in [1.29, 1.82) is 0 Å².